The van der Waals surface area contributed by atoms with Crippen LogP contribution in [0.3, 0.4) is 0 Å². The lowest BCUT2D eigenvalue weighted by molar-refractivity contribution is -0.120. The molecule has 1 unspecified atom stereocenters. The van der Waals surface area contributed by atoms with E-state index in [1.165, 1.54) is 0 Å². The number of hydrogen-bond donors (Lipinski definition) is 1. The van der Waals surface area contributed by atoms with Crippen molar-refractivity contribution >= 4 is 6.47 Å². The second-order valence-corrected chi connectivity index (χ2v) is 5.01. The maximum absolute atomic E-state index is 10.4. The number of ether oxygens (including phenoxy) is 1. The van der Waals surface area contributed by atoms with Crippen LogP contribution in [0.1, 0.15) is 35.1 Å². The van der Waals surface area contributed by atoms with Crippen LogP contribution in [0.5, 0.6) is 11.5 Å². The summed E-state index contributed by atoms with van der Waals surface area (Å²) < 4.78 is 4.90. The van der Waals surface area contributed by atoms with E-state index >= 15 is 0 Å². The van der Waals surface area contributed by atoms with Gasteiger partial charge in [0.2, 0.25) is 0 Å². The van der Waals surface area contributed by atoms with E-state index in [1.54, 1.807) is 6.07 Å². The summed E-state index contributed by atoms with van der Waals surface area (Å²) in [6.45, 7) is 6.35. The molecule has 0 heterocycles. The smallest absolute Gasteiger partial charge is 0.298 e. The Morgan fingerprint density at radius 3 is 2.20 bits per heavy atom. The van der Waals surface area contributed by atoms with Crippen molar-refractivity contribution in [2.24, 2.45) is 0 Å². The fourth-order valence-electron chi connectivity index (χ4n) is 2.27. The average Bonchev–Trinajstić information content (AvgIpc) is 2.43. The maximum Gasteiger partial charge on any atom is 0.298 e. The van der Waals surface area contributed by atoms with Crippen LogP contribution in [0.2, 0.25) is 0 Å². The molecule has 2 rings (SSSR count). The predicted molar refractivity (Wildman–Crippen MR) is 78.2 cm³/mol. The van der Waals surface area contributed by atoms with E-state index in [-0.39, 0.29) is 5.92 Å². The summed E-state index contributed by atoms with van der Waals surface area (Å²) in [4.78, 5) is 10.4. The number of phenolic OH excluding ortho intramolecular Hbond substituents is 1. The van der Waals surface area contributed by atoms with Crippen LogP contribution in [0.4, 0.5) is 0 Å². The minimum atomic E-state index is 0.207. The minimum Gasteiger partial charge on any atom is -0.508 e. The van der Waals surface area contributed by atoms with Crippen molar-refractivity contribution in [3.05, 3.63) is 58.7 Å². The zero-order valence-electron chi connectivity index (χ0n) is 11.9. The Morgan fingerprint density at radius 1 is 1.05 bits per heavy atom. The molecule has 1 atom stereocenters. The first kappa shape index (κ1) is 14.1. The lowest BCUT2D eigenvalue weighted by Crippen LogP contribution is -1.99. The van der Waals surface area contributed by atoms with Gasteiger partial charge < -0.3 is 9.84 Å². The van der Waals surface area contributed by atoms with Gasteiger partial charge in [0, 0.05) is 5.92 Å². The number of aryl methyl sites for hydroxylation is 2. The molecule has 0 bridgehead atoms. The molecule has 0 aromatic heterocycles. The van der Waals surface area contributed by atoms with Gasteiger partial charge in [-0.3, -0.25) is 4.79 Å². The maximum atomic E-state index is 10.4. The Hall–Kier alpha value is -2.29. The van der Waals surface area contributed by atoms with E-state index in [2.05, 4.69) is 6.92 Å². The van der Waals surface area contributed by atoms with Crippen molar-refractivity contribution in [1.29, 1.82) is 0 Å². The number of rotatable bonds is 4. The monoisotopic (exact) mass is 270 g/mol. The van der Waals surface area contributed by atoms with E-state index in [0.29, 0.717) is 18.0 Å². The van der Waals surface area contributed by atoms with Gasteiger partial charge >= 0.3 is 0 Å². The lowest BCUT2D eigenvalue weighted by atomic mass is 9.91. The normalized spacial score (nSPS) is 11.9. The van der Waals surface area contributed by atoms with Gasteiger partial charge in [0.25, 0.3) is 6.47 Å². The van der Waals surface area contributed by atoms with Gasteiger partial charge in [0.05, 0.1) is 0 Å². The topological polar surface area (TPSA) is 46.5 Å². The first-order chi connectivity index (χ1) is 9.52. The van der Waals surface area contributed by atoms with Crippen LogP contribution in [0.25, 0.3) is 0 Å². The van der Waals surface area contributed by atoms with Crippen molar-refractivity contribution in [3.63, 3.8) is 0 Å². The molecule has 0 amide bonds. The Balaban J connectivity index is 2.32. The van der Waals surface area contributed by atoms with Crippen LogP contribution in [-0.2, 0) is 4.79 Å². The standard InChI is InChI=1S/C17H18O3/c1-11-8-14(4-6-16(11)19)13(3)15-5-7-17(20-10-18)12(2)9-15/h4-10,13,19H,1-3H3. The van der Waals surface area contributed by atoms with Crippen LogP contribution < -0.4 is 4.74 Å². The van der Waals surface area contributed by atoms with E-state index in [0.717, 1.165) is 22.3 Å². The fraction of sp³-hybridized carbons (Fsp3) is 0.235. The minimum absolute atomic E-state index is 0.207. The Kier molecular flexibility index (Phi) is 4.08. The number of carbonyl (C=O) groups excluding carboxylic acids is 1. The summed E-state index contributed by atoms with van der Waals surface area (Å²) in [5, 5.41) is 9.59. The summed E-state index contributed by atoms with van der Waals surface area (Å²) in [6.07, 6.45) is 0. The van der Waals surface area contributed by atoms with Gasteiger partial charge in [0.15, 0.2) is 0 Å². The fourth-order valence-corrected chi connectivity index (χ4v) is 2.27. The van der Waals surface area contributed by atoms with Gasteiger partial charge in [-0.1, -0.05) is 31.2 Å². The molecule has 0 aliphatic heterocycles. The van der Waals surface area contributed by atoms with Crippen molar-refractivity contribution in [1.82, 2.24) is 0 Å². The van der Waals surface area contributed by atoms with Gasteiger partial charge in [-0.25, -0.2) is 0 Å². The number of carbonyl (C=O) groups is 1. The van der Waals surface area contributed by atoms with Crippen LogP contribution in [0.15, 0.2) is 36.4 Å². The molecule has 0 saturated carbocycles. The quantitative estimate of drug-likeness (QED) is 0.862. The van der Waals surface area contributed by atoms with E-state index in [9.17, 15) is 9.90 Å². The molecule has 104 valence electrons. The number of hydrogen-bond acceptors (Lipinski definition) is 3. The molecule has 0 radical (unpaired) electrons. The number of benzene rings is 2. The highest BCUT2D eigenvalue weighted by Gasteiger charge is 2.11. The second kappa shape index (κ2) is 5.78. The van der Waals surface area contributed by atoms with Crippen molar-refractivity contribution in [3.8, 4) is 11.5 Å². The molecular formula is C17H18O3. The van der Waals surface area contributed by atoms with Gasteiger partial charge in [0.1, 0.15) is 11.5 Å². The molecule has 20 heavy (non-hydrogen) atoms. The van der Waals surface area contributed by atoms with Crippen LogP contribution >= 0.6 is 0 Å². The van der Waals surface area contributed by atoms with E-state index in [4.69, 9.17) is 4.74 Å². The van der Waals surface area contributed by atoms with Gasteiger partial charge in [-0.2, -0.15) is 0 Å². The third-order valence-electron chi connectivity index (χ3n) is 3.59. The summed E-state index contributed by atoms with van der Waals surface area (Å²) in [7, 11) is 0. The molecular weight excluding hydrogens is 252 g/mol. The molecule has 0 aliphatic rings. The Morgan fingerprint density at radius 2 is 1.65 bits per heavy atom. The lowest BCUT2D eigenvalue weighted by Gasteiger charge is -2.15. The highest BCUT2D eigenvalue weighted by molar-refractivity contribution is 5.49. The molecule has 0 aliphatic carbocycles. The summed E-state index contributed by atoms with van der Waals surface area (Å²) in [6, 6.07) is 11.4. The van der Waals surface area contributed by atoms with Crippen molar-refractivity contribution in [2.75, 3.05) is 0 Å². The Labute approximate surface area is 118 Å². The SMILES string of the molecule is Cc1cc(C(C)c2ccc(OC=O)c(C)c2)ccc1O. The molecule has 3 heteroatoms. The summed E-state index contributed by atoms with van der Waals surface area (Å²) in [5.41, 5.74) is 4.08. The van der Waals surface area contributed by atoms with Crippen molar-refractivity contribution in [2.45, 2.75) is 26.7 Å². The molecule has 1 N–H and O–H groups in total. The van der Waals surface area contributed by atoms with Gasteiger partial charge in [-0.05, 0) is 48.2 Å². The first-order valence-corrected chi connectivity index (χ1v) is 6.53. The highest BCUT2D eigenvalue weighted by Crippen LogP contribution is 2.30. The zero-order valence-corrected chi connectivity index (χ0v) is 11.9. The molecule has 3 nitrogen and oxygen atoms in total. The first-order valence-electron chi connectivity index (χ1n) is 6.53. The van der Waals surface area contributed by atoms with Gasteiger partial charge in [-0.15, -0.1) is 0 Å². The van der Waals surface area contributed by atoms with Crippen molar-refractivity contribution < 1.29 is 14.6 Å². The molecule has 2 aromatic rings. The van der Waals surface area contributed by atoms with E-state index in [1.807, 2.05) is 44.2 Å². The number of aromatic hydroxyl groups is 1. The molecule has 2 aromatic carbocycles. The summed E-state index contributed by atoms with van der Waals surface area (Å²) >= 11 is 0. The largest absolute Gasteiger partial charge is 0.508 e. The van der Waals surface area contributed by atoms with Crippen LogP contribution in [-0.4, -0.2) is 11.6 Å². The molecule has 0 fully saturated rings. The highest BCUT2D eigenvalue weighted by atomic mass is 16.5. The molecule has 0 saturated heterocycles. The van der Waals surface area contributed by atoms with E-state index < -0.39 is 0 Å². The predicted octanol–water partition coefficient (Wildman–Crippen LogP) is 3.70. The second-order valence-electron chi connectivity index (χ2n) is 5.01. The summed E-state index contributed by atoms with van der Waals surface area (Å²) in [5.74, 6) is 1.10. The Bertz CT molecular complexity index is 632. The third kappa shape index (κ3) is 2.82. The molecule has 0 spiro atoms. The van der Waals surface area contributed by atoms with Crippen LogP contribution in [0, 0.1) is 13.8 Å². The number of phenols is 1. The zero-order chi connectivity index (χ0) is 14.7. The average molecular weight is 270 g/mol. The third-order valence-corrected chi connectivity index (χ3v) is 3.59.